The monoisotopic (exact) mass is 927 g/mol. The van der Waals surface area contributed by atoms with Crippen molar-refractivity contribution in [1.29, 1.82) is 0 Å². The highest BCUT2D eigenvalue weighted by Gasteiger charge is 2.56. The molecule has 2 N–H and O–H groups in total. The van der Waals surface area contributed by atoms with Crippen molar-refractivity contribution in [3.63, 3.8) is 0 Å². The molecule has 6 rings (SSSR count). The summed E-state index contributed by atoms with van der Waals surface area (Å²) in [5.74, 6) is -5.00. The SMILES string of the molecule is COC(=O)Oc1ccc([N+](=O)[O-])cc1Cc1ccc(O[C@@H]2O[C@H](C(=O)OC)[C@@H](OC(C)=O)[C@H](OC(C)=O)[C@H]2OC(C)=O)c(NC(=O)CCNC(=O)OCC2c3ccccc3-c3ccccc32)c1. The van der Waals surface area contributed by atoms with Crippen molar-refractivity contribution < 1.29 is 81.1 Å². The number of methoxy groups -OCH3 is 2. The van der Waals surface area contributed by atoms with Crippen LogP contribution in [0.4, 0.5) is 21.0 Å². The lowest BCUT2D eigenvalue weighted by atomic mass is 9.97. The summed E-state index contributed by atoms with van der Waals surface area (Å²) in [4.78, 5) is 99.7. The van der Waals surface area contributed by atoms with E-state index in [9.17, 15) is 43.7 Å². The van der Waals surface area contributed by atoms with E-state index < -0.39 is 77.7 Å². The molecule has 1 saturated heterocycles. The summed E-state index contributed by atoms with van der Waals surface area (Å²) in [5.41, 5.74) is 4.22. The van der Waals surface area contributed by atoms with Gasteiger partial charge in [0.05, 0.1) is 24.8 Å². The number of benzene rings is 4. The standard InChI is InChI=1S/C46H45N3O18/c1-24(50)62-39-40(63-25(2)51)42(64-26(3)52)44(67-41(39)43(54)59-4)65-37-16-14-27(20-28-22-29(49(57)58)15-17-36(28)66-46(56)60-5)21-35(37)48-38(53)18-19-47-45(55)61-23-34-32-12-8-6-10-30(32)31-11-7-9-13-33(31)34/h6-17,21-22,34,39-42,44H,18-20,23H2,1-5H3,(H,47,55)(H,48,53)/t39-,40-,41-,42+,44+/m0/s1. The summed E-state index contributed by atoms with van der Waals surface area (Å²) in [6.07, 6.45) is -11.1. The first kappa shape index (κ1) is 48.4. The predicted molar refractivity (Wildman–Crippen MR) is 230 cm³/mol. The molecule has 1 aliphatic carbocycles. The lowest BCUT2D eigenvalue weighted by Crippen LogP contribution is -2.64. The van der Waals surface area contributed by atoms with Crippen LogP contribution in [0.1, 0.15) is 55.4 Å². The van der Waals surface area contributed by atoms with Crippen LogP contribution in [0.15, 0.2) is 84.9 Å². The van der Waals surface area contributed by atoms with Crippen LogP contribution in [0.25, 0.3) is 11.1 Å². The molecule has 352 valence electrons. The maximum Gasteiger partial charge on any atom is 0.513 e. The number of nitro benzene ring substituents is 1. The summed E-state index contributed by atoms with van der Waals surface area (Å²) < 4.78 is 48.6. The first-order chi connectivity index (χ1) is 32.1. The highest BCUT2D eigenvalue weighted by Crippen LogP contribution is 2.44. The molecule has 4 aromatic rings. The number of hydrogen-bond acceptors (Lipinski definition) is 18. The normalized spacial score (nSPS) is 18.1. The number of nitrogens with one attached hydrogen (secondary N) is 2. The van der Waals surface area contributed by atoms with Crippen LogP contribution in [0.2, 0.25) is 0 Å². The Morgan fingerprint density at radius 2 is 1.34 bits per heavy atom. The van der Waals surface area contributed by atoms with Crippen molar-refractivity contribution in [3.05, 3.63) is 117 Å². The number of amides is 2. The Labute approximate surface area is 382 Å². The molecule has 0 aromatic heterocycles. The molecule has 1 heterocycles. The van der Waals surface area contributed by atoms with Crippen molar-refractivity contribution in [2.75, 3.05) is 32.7 Å². The second kappa shape index (κ2) is 21.7. The van der Waals surface area contributed by atoms with E-state index in [0.29, 0.717) is 5.56 Å². The molecule has 0 saturated carbocycles. The number of esters is 4. The fraction of sp³-hybridized carbons (Fsp3) is 0.326. The minimum Gasteiger partial charge on any atom is -0.467 e. The molecule has 21 nitrogen and oxygen atoms in total. The van der Waals surface area contributed by atoms with E-state index in [-0.39, 0.29) is 60.3 Å². The summed E-state index contributed by atoms with van der Waals surface area (Å²) in [6.45, 7) is 2.91. The van der Waals surface area contributed by atoms with Gasteiger partial charge in [-0.1, -0.05) is 54.6 Å². The first-order valence-electron chi connectivity index (χ1n) is 20.5. The number of alkyl carbamates (subject to hydrolysis) is 1. The minimum atomic E-state index is -1.82. The van der Waals surface area contributed by atoms with E-state index in [1.54, 1.807) is 0 Å². The number of fused-ring (bicyclic) bond motifs is 3. The van der Waals surface area contributed by atoms with Crippen LogP contribution in [-0.4, -0.2) is 105 Å². The van der Waals surface area contributed by atoms with Gasteiger partial charge in [0.2, 0.25) is 18.3 Å². The minimum absolute atomic E-state index is 0.0326. The average molecular weight is 928 g/mol. The molecule has 1 aliphatic heterocycles. The molecule has 4 aromatic carbocycles. The van der Waals surface area contributed by atoms with E-state index >= 15 is 0 Å². The van der Waals surface area contributed by atoms with Gasteiger partial charge in [-0.05, 0) is 46.0 Å². The van der Waals surface area contributed by atoms with Crippen LogP contribution in [0.3, 0.4) is 0 Å². The van der Waals surface area contributed by atoms with E-state index in [0.717, 1.165) is 63.3 Å². The number of ether oxygens (including phenoxy) is 9. The maximum atomic E-state index is 13.6. The lowest BCUT2D eigenvalue weighted by molar-refractivity contribution is -0.384. The third-order valence-corrected chi connectivity index (χ3v) is 10.4. The molecular formula is C46H45N3O18. The fourth-order valence-corrected chi connectivity index (χ4v) is 7.60. The third kappa shape index (κ3) is 12.0. The maximum absolute atomic E-state index is 13.6. The number of nitrogens with zero attached hydrogens (tertiary/aromatic N) is 1. The highest BCUT2D eigenvalue weighted by molar-refractivity contribution is 5.93. The fourth-order valence-electron chi connectivity index (χ4n) is 7.60. The van der Waals surface area contributed by atoms with Gasteiger partial charge in [0, 0.05) is 63.8 Å². The number of rotatable bonds is 16. The highest BCUT2D eigenvalue weighted by atomic mass is 16.7. The molecule has 1 fully saturated rings. The second-order valence-electron chi connectivity index (χ2n) is 15.0. The quantitative estimate of drug-likeness (QED) is 0.0476. The largest absolute Gasteiger partial charge is 0.513 e. The Bertz CT molecular complexity index is 2520. The Morgan fingerprint density at radius 1 is 0.731 bits per heavy atom. The molecule has 0 radical (unpaired) electrons. The van der Waals surface area contributed by atoms with Crippen molar-refractivity contribution >= 4 is 53.4 Å². The second-order valence-corrected chi connectivity index (χ2v) is 15.0. The van der Waals surface area contributed by atoms with E-state index in [2.05, 4.69) is 15.4 Å². The predicted octanol–water partition coefficient (Wildman–Crippen LogP) is 5.27. The Hall–Kier alpha value is -8.07. The molecule has 0 bridgehead atoms. The zero-order chi connectivity index (χ0) is 48.4. The summed E-state index contributed by atoms with van der Waals surface area (Å²) in [6, 6.07) is 23.4. The Morgan fingerprint density at radius 3 is 1.96 bits per heavy atom. The number of nitro groups is 1. The van der Waals surface area contributed by atoms with Crippen molar-refractivity contribution in [2.45, 2.75) is 70.2 Å². The van der Waals surface area contributed by atoms with Gasteiger partial charge in [0.25, 0.3) is 5.69 Å². The molecular weight excluding hydrogens is 883 g/mol. The molecule has 0 spiro atoms. The first-order valence-corrected chi connectivity index (χ1v) is 20.5. The number of hydrogen-bond donors (Lipinski definition) is 2. The smallest absolute Gasteiger partial charge is 0.467 e. The number of non-ortho nitro benzene ring substituents is 1. The van der Waals surface area contributed by atoms with E-state index in [1.807, 2.05) is 48.5 Å². The van der Waals surface area contributed by atoms with Crippen molar-refractivity contribution in [3.8, 4) is 22.6 Å². The van der Waals surface area contributed by atoms with Gasteiger partial charge >= 0.3 is 36.1 Å². The topological polar surface area (TPSA) is 270 Å². The summed E-state index contributed by atoms with van der Waals surface area (Å²) in [5, 5.41) is 17.0. The number of anilines is 1. The van der Waals surface area contributed by atoms with Gasteiger partial charge in [-0.2, -0.15) is 0 Å². The molecule has 0 unspecified atom stereocenters. The average Bonchev–Trinajstić information content (AvgIpc) is 3.61. The van der Waals surface area contributed by atoms with Crippen LogP contribution in [-0.2, 0) is 63.6 Å². The van der Waals surface area contributed by atoms with Gasteiger partial charge in [0.15, 0.2) is 18.3 Å². The number of carbonyl (C=O) groups excluding carboxylic acids is 7. The van der Waals surface area contributed by atoms with Crippen LogP contribution >= 0.6 is 0 Å². The molecule has 2 amide bonds. The van der Waals surface area contributed by atoms with Crippen LogP contribution < -0.4 is 20.1 Å². The van der Waals surface area contributed by atoms with Gasteiger partial charge < -0.3 is 53.3 Å². The lowest BCUT2D eigenvalue weighted by Gasteiger charge is -2.43. The molecule has 67 heavy (non-hydrogen) atoms. The zero-order valence-corrected chi connectivity index (χ0v) is 36.7. The van der Waals surface area contributed by atoms with Gasteiger partial charge in [-0.25, -0.2) is 14.4 Å². The summed E-state index contributed by atoms with van der Waals surface area (Å²) in [7, 11) is 2.10. The Balaban J connectivity index is 1.26. The summed E-state index contributed by atoms with van der Waals surface area (Å²) >= 11 is 0. The van der Waals surface area contributed by atoms with Crippen molar-refractivity contribution in [2.24, 2.45) is 0 Å². The van der Waals surface area contributed by atoms with Gasteiger partial charge in [-0.15, -0.1) is 0 Å². The molecule has 5 atom stereocenters. The molecule has 2 aliphatic rings. The van der Waals surface area contributed by atoms with Crippen LogP contribution in [0.5, 0.6) is 11.5 Å². The third-order valence-electron chi connectivity index (χ3n) is 10.4. The van der Waals surface area contributed by atoms with E-state index in [1.165, 1.54) is 30.3 Å². The zero-order valence-electron chi connectivity index (χ0n) is 36.7. The van der Waals surface area contributed by atoms with Crippen molar-refractivity contribution in [1.82, 2.24) is 5.32 Å². The van der Waals surface area contributed by atoms with E-state index in [4.69, 9.17) is 37.9 Å². The van der Waals surface area contributed by atoms with Gasteiger partial charge in [-0.3, -0.25) is 29.3 Å². The number of carbonyl (C=O) groups is 7. The van der Waals surface area contributed by atoms with Crippen LogP contribution in [0, 0.1) is 10.1 Å². The van der Waals surface area contributed by atoms with Gasteiger partial charge in [0.1, 0.15) is 18.1 Å². The Kier molecular flexibility index (Phi) is 15.7. The molecule has 21 heteroatoms.